The Morgan fingerprint density at radius 1 is 0.947 bits per heavy atom. The molecule has 2 aromatic rings. The summed E-state index contributed by atoms with van der Waals surface area (Å²) in [6, 6.07) is 11.1. The molecule has 4 nitrogen and oxygen atoms in total. The van der Waals surface area contributed by atoms with Crippen molar-refractivity contribution in [3.05, 3.63) is 53.6 Å². The molecule has 2 aromatic carbocycles. The Bertz CT molecular complexity index is 567. The van der Waals surface area contributed by atoms with Crippen LogP contribution in [0, 0.1) is 0 Å². The van der Waals surface area contributed by atoms with Gasteiger partial charge in [-0.25, -0.2) is 0 Å². The molecule has 19 heavy (non-hydrogen) atoms. The van der Waals surface area contributed by atoms with Crippen LogP contribution in [0.4, 0.5) is 0 Å². The third-order valence-corrected chi connectivity index (χ3v) is 2.89. The van der Waals surface area contributed by atoms with Gasteiger partial charge >= 0.3 is 0 Å². The van der Waals surface area contributed by atoms with Crippen LogP contribution in [0.5, 0.6) is 17.2 Å². The Morgan fingerprint density at radius 2 is 1.53 bits per heavy atom. The third-order valence-electron chi connectivity index (χ3n) is 2.89. The number of phenols is 3. The molecule has 0 aliphatic rings. The van der Waals surface area contributed by atoms with Crippen molar-refractivity contribution >= 4 is 5.78 Å². The van der Waals surface area contributed by atoms with Crippen molar-refractivity contribution in [2.45, 2.75) is 12.8 Å². The van der Waals surface area contributed by atoms with Gasteiger partial charge in [-0.15, -0.1) is 0 Å². The van der Waals surface area contributed by atoms with Crippen molar-refractivity contribution in [2.24, 2.45) is 0 Å². The number of phenolic OH excluding ortho intramolecular Hbond substituents is 3. The summed E-state index contributed by atoms with van der Waals surface area (Å²) in [5.74, 6) is -0.697. The van der Waals surface area contributed by atoms with E-state index in [1.54, 1.807) is 24.3 Å². The van der Waals surface area contributed by atoms with Gasteiger partial charge in [-0.3, -0.25) is 4.79 Å². The summed E-state index contributed by atoms with van der Waals surface area (Å²) in [4.78, 5) is 11.9. The molecule has 0 spiro atoms. The van der Waals surface area contributed by atoms with Crippen LogP contribution in [-0.4, -0.2) is 21.1 Å². The quantitative estimate of drug-likeness (QED) is 0.737. The fourth-order valence-corrected chi connectivity index (χ4v) is 1.89. The Balaban J connectivity index is 2.10. The molecule has 0 radical (unpaired) electrons. The monoisotopic (exact) mass is 258 g/mol. The van der Waals surface area contributed by atoms with E-state index in [1.165, 1.54) is 0 Å². The number of aromatic hydroxyl groups is 3. The highest BCUT2D eigenvalue weighted by atomic mass is 16.3. The average molecular weight is 258 g/mol. The largest absolute Gasteiger partial charge is 0.508 e. The molecule has 0 aliphatic heterocycles. The highest BCUT2D eigenvalue weighted by Gasteiger charge is 2.12. The predicted molar refractivity (Wildman–Crippen MR) is 70.5 cm³/mol. The van der Waals surface area contributed by atoms with Gasteiger partial charge in [-0.05, 0) is 6.42 Å². The maximum absolute atomic E-state index is 11.9. The van der Waals surface area contributed by atoms with Crippen molar-refractivity contribution in [3.8, 4) is 17.2 Å². The average Bonchev–Trinajstić information content (AvgIpc) is 2.38. The highest BCUT2D eigenvalue weighted by Crippen LogP contribution is 2.32. The van der Waals surface area contributed by atoms with Gasteiger partial charge in [0.1, 0.15) is 17.2 Å². The zero-order valence-corrected chi connectivity index (χ0v) is 10.2. The Morgan fingerprint density at radius 3 is 2.11 bits per heavy atom. The molecule has 0 unspecified atom stereocenters. The highest BCUT2D eigenvalue weighted by molar-refractivity contribution is 5.96. The van der Waals surface area contributed by atoms with Gasteiger partial charge in [-0.1, -0.05) is 30.3 Å². The number of Topliss-reactive ketones (excluding diaryl/α,β-unsaturated/α-hetero) is 1. The Labute approximate surface area is 110 Å². The molecule has 2 rings (SSSR count). The molecule has 0 amide bonds. The summed E-state index contributed by atoms with van der Waals surface area (Å²) < 4.78 is 0. The normalized spacial score (nSPS) is 10.3. The fourth-order valence-electron chi connectivity index (χ4n) is 1.89. The van der Waals surface area contributed by atoms with Crippen LogP contribution < -0.4 is 0 Å². The SMILES string of the molecule is O=C(CCc1c(O)cc(O)cc1O)c1ccccc1. The summed E-state index contributed by atoms with van der Waals surface area (Å²) in [5.41, 5.74) is 0.863. The second kappa shape index (κ2) is 5.44. The number of carbonyl (C=O) groups excluding carboxylic acids is 1. The number of hydrogen-bond donors (Lipinski definition) is 3. The van der Waals surface area contributed by atoms with Gasteiger partial charge < -0.3 is 15.3 Å². The molecule has 4 heteroatoms. The lowest BCUT2D eigenvalue weighted by Crippen LogP contribution is -2.01. The number of rotatable bonds is 4. The van der Waals surface area contributed by atoms with E-state index < -0.39 is 0 Å². The van der Waals surface area contributed by atoms with E-state index in [9.17, 15) is 20.1 Å². The molecular weight excluding hydrogens is 244 g/mol. The zero-order chi connectivity index (χ0) is 13.8. The van der Waals surface area contributed by atoms with Gasteiger partial charge in [0.2, 0.25) is 0 Å². The van der Waals surface area contributed by atoms with Gasteiger partial charge in [0.25, 0.3) is 0 Å². The standard InChI is InChI=1S/C15H14O4/c16-11-8-14(18)12(15(19)9-11)6-7-13(17)10-4-2-1-3-5-10/h1-5,8-9,16,18-19H,6-7H2. The van der Waals surface area contributed by atoms with E-state index in [0.29, 0.717) is 5.56 Å². The molecule has 0 aliphatic carbocycles. The number of ketones is 1. The molecular formula is C15H14O4. The number of carbonyl (C=O) groups is 1. The third kappa shape index (κ3) is 3.04. The molecule has 0 saturated carbocycles. The maximum atomic E-state index is 11.9. The van der Waals surface area contributed by atoms with E-state index >= 15 is 0 Å². The molecule has 98 valence electrons. The topological polar surface area (TPSA) is 77.8 Å². The van der Waals surface area contributed by atoms with Gasteiger partial charge in [0.05, 0.1) is 0 Å². The second-order valence-electron chi connectivity index (χ2n) is 4.25. The van der Waals surface area contributed by atoms with Gasteiger partial charge in [0, 0.05) is 29.7 Å². The number of hydrogen-bond acceptors (Lipinski definition) is 4. The van der Waals surface area contributed by atoms with Crippen LogP contribution in [-0.2, 0) is 6.42 Å². The first-order chi connectivity index (χ1) is 9.08. The number of benzene rings is 2. The van der Waals surface area contributed by atoms with E-state index in [4.69, 9.17) is 0 Å². The second-order valence-corrected chi connectivity index (χ2v) is 4.25. The summed E-state index contributed by atoms with van der Waals surface area (Å²) in [6.45, 7) is 0. The Kier molecular flexibility index (Phi) is 3.71. The minimum Gasteiger partial charge on any atom is -0.508 e. The van der Waals surface area contributed by atoms with Crippen LogP contribution in [0.15, 0.2) is 42.5 Å². The van der Waals surface area contributed by atoms with E-state index in [1.807, 2.05) is 6.07 Å². The van der Waals surface area contributed by atoms with E-state index in [2.05, 4.69) is 0 Å². The lowest BCUT2D eigenvalue weighted by atomic mass is 10.0. The van der Waals surface area contributed by atoms with Crippen molar-refractivity contribution in [1.82, 2.24) is 0 Å². The molecule has 0 bridgehead atoms. The minimum atomic E-state index is -0.215. The lowest BCUT2D eigenvalue weighted by Gasteiger charge is -2.07. The zero-order valence-electron chi connectivity index (χ0n) is 10.2. The molecule has 0 aromatic heterocycles. The van der Waals surface area contributed by atoms with Gasteiger partial charge in [0.15, 0.2) is 5.78 Å². The summed E-state index contributed by atoms with van der Waals surface area (Å²) in [6.07, 6.45) is 0.390. The molecule has 0 fully saturated rings. The summed E-state index contributed by atoms with van der Waals surface area (Å²) in [5, 5.41) is 28.4. The van der Waals surface area contributed by atoms with Crippen molar-refractivity contribution in [2.75, 3.05) is 0 Å². The van der Waals surface area contributed by atoms with Crippen LogP contribution >= 0.6 is 0 Å². The fraction of sp³-hybridized carbons (Fsp3) is 0.133. The first-order valence-electron chi connectivity index (χ1n) is 5.90. The van der Waals surface area contributed by atoms with Crippen molar-refractivity contribution in [1.29, 1.82) is 0 Å². The molecule has 3 N–H and O–H groups in total. The van der Waals surface area contributed by atoms with E-state index in [-0.39, 0.29) is 41.4 Å². The molecule has 0 saturated heterocycles. The lowest BCUT2D eigenvalue weighted by molar-refractivity contribution is 0.0982. The summed E-state index contributed by atoms with van der Waals surface area (Å²) >= 11 is 0. The minimum absolute atomic E-state index is 0.0625. The first kappa shape index (κ1) is 13.0. The molecule has 0 atom stereocenters. The van der Waals surface area contributed by atoms with Crippen molar-refractivity contribution in [3.63, 3.8) is 0 Å². The van der Waals surface area contributed by atoms with Crippen LogP contribution in [0.2, 0.25) is 0 Å². The van der Waals surface area contributed by atoms with Crippen LogP contribution in [0.1, 0.15) is 22.3 Å². The Hall–Kier alpha value is -2.49. The van der Waals surface area contributed by atoms with E-state index in [0.717, 1.165) is 12.1 Å². The predicted octanol–water partition coefficient (Wildman–Crippen LogP) is 2.62. The van der Waals surface area contributed by atoms with Crippen molar-refractivity contribution < 1.29 is 20.1 Å². The van der Waals surface area contributed by atoms with Crippen LogP contribution in [0.3, 0.4) is 0 Å². The van der Waals surface area contributed by atoms with Crippen LogP contribution in [0.25, 0.3) is 0 Å². The summed E-state index contributed by atoms with van der Waals surface area (Å²) in [7, 11) is 0. The first-order valence-corrected chi connectivity index (χ1v) is 5.90. The maximum Gasteiger partial charge on any atom is 0.163 e. The molecule has 0 heterocycles. The van der Waals surface area contributed by atoms with Gasteiger partial charge in [-0.2, -0.15) is 0 Å². The smallest absolute Gasteiger partial charge is 0.163 e.